The first-order valence-electron chi connectivity index (χ1n) is 6.08. The molecule has 0 fully saturated rings. The maximum absolute atomic E-state index is 2.51. The molecule has 0 aromatic rings. The maximum Gasteiger partial charge on any atom is -0.0227 e. The smallest absolute Gasteiger partial charge is 0.0227 e. The summed E-state index contributed by atoms with van der Waals surface area (Å²) in [6.45, 7) is 7.08. The highest BCUT2D eigenvalue weighted by Gasteiger charge is 2.23. The molecule has 0 aliphatic heterocycles. The molecule has 0 aromatic carbocycles. The average Bonchev–Trinajstić information content (AvgIpc) is 2.47. The quantitative estimate of drug-likeness (QED) is 0.577. The van der Waals surface area contributed by atoms with Crippen LogP contribution in [0.3, 0.4) is 0 Å². The van der Waals surface area contributed by atoms with Crippen LogP contribution in [0.2, 0.25) is 0 Å². The van der Waals surface area contributed by atoms with Gasteiger partial charge >= 0.3 is 0 Å². The highest BCUT2D eigenvalue weighted by atomic mass is 14.3. The molecular weight excluding hydrogens is 168 g/mol. The molecule has 78 valence electrons. The summed E-state index contributed by atoms with van der Waals surface area (Å²) in [5, 5.41) is 0. The van der Waals surface area contributed by atoms with Crippen LogP contribution in [0.5, 0.6) is 0 Å². The third-order valence-corrected chi connectivity index (χ3v) is 3.91. The van der Waals surface area contributed by atoms with Crippen molar-refractivity contribution in [2.24, 2.45) is 17.8 Å². The second-order valence-electron chi connectivity index (χ2n) is 5.29. The molecule has 0 N–H and O–H groups in total. The molecule has 2 rings (SSSR count). The number of rotatable bonds is 1. The number of hydrogen-bond donors (Lipinski definition) is 0. The second kappa shape index (κ2) is 3.92. The van der Waals surface area contributed by atoms with Crippen molar-refractivity contribution in [2.45, 2.75) is 46.5 Å². The van der Waals surface area contributed by atoms with Crippen molar-refractivity contribution in [1.29, 1.82) is 0 Å². The molecule has 3 unspecified atom stereocenters. The molecule has 0 radical (unpaired) electrons. The van der Waals surface area contributed by atoms with Gasteiger partial charge in [-0.15, -0.1) is 0 Å². The van der Waals surface area contributed by atoms with Gasteiger partial charge < -0.3 is 0 Å². The van der Waals surface area contributed by atoms with Crippen molar-refractivity contribution in [3.63, 3.8) is 0 Å². The van der Waals surface area contributed by atoms with Crippen LogP contribution in [0.1, 0.15) is 46.5 Å². The van der Waals surface area contributed by atoms with Crippen molar-refractivity contribution in [3.05, 3.63) is 23.3 Å². The zero-order valence-corrected chi connectivity index (χ0v) is 9.72. The van der Waals surface area contributed by atoms with Gasteiger partial charge in [0.2, 0.25) is 0 Å². The molecule has 0 aromatic heterocycles. The first-order chi connectivity index (χ1) is 6.66. The van der Waals surface area contributed by atoms with E-state index in [-0.39, 0.29) is 0 Å². The molecule has 0 amide bonds. The van der Waals surface area contributed by atoms with E-state index in [9.17, 15) is 0 Å². The second-order valence-corrected chi connectivity index (χ2v) is 5.29. The zero-order chi connectivity index (χ0) is 10.1. The highest BCUT2D eigenvalue weighted by Crippen LogP contribution is 2.37. The summed E-state index contributed by atoms with van der Waals surface area (Å²) in [6.07, 6.45) is 10.5. The molecule has 0 bridgehead atoms. The van der Waals surface area contributed by atoms with Crippen molar-refractivity contribution in [2.75, 3.05) is 0 Å². The Hall–Kier alpha value is -0.520. The lowest BCUT2D eigenvalue weighted by atomic mass is 9.87. The van der Waals surface area contributed by atoms with Gasteiger partial charge in [0, 0.05) is 0 Å². The topological polar surface area (TPSA) is 0 Å². The third kappa shape index (κ3) is 1.94. The molecule has 14 heavy (non-hydrogen) atoms. The normalized spacial score (nSPS) is 38.1. The van der Waals surface area contributed by atoms with E-state index in [0.29, 0.717) is 0 Å². The highest BCUT2D eigenvalue weighted by molar-refractivity contribution is 5.36. The summed E-state index contributed by atoms with van der Waals surface area (Å²) in [7, 11) is 0. The van der Waals surface area contributed by atoms with E-state index in [1.54, 1.807) is 11.1 Å². The molecular formula is C14H22. The van der Waals surface area contributed by atoms with E-state index in [1.165, 1.54) is 25.7 Å². The first kappa shape index (κ1) is 10.0. The molecule has 2 aliphatic carbocycles. The van der Waals surface area contributed by atoms with Gasteiger partial charge in [0.05, 0.1) is 0 Å². The fourth-order valence-electron chi connectivity index (χ4n) is 2.71. The van der Waals surface area contributed by atoms with E-state index < -0.39 is 0 Å². The Bertz CT molecular complexity index is 270. The van der Waals surface area contributed by atoms with Gasteiger partial charge in [-0.2, -0.15) is 0 Å². The number of allylic oxidation sites excluding steroid dienone is 4. The van der Waals surface area contributed by atoms with Crippen molar-refractivity contribution in [1.82, 2.24) is 0 Å². The summed E-state index contributed by atoms with van der Waals surface area (Å²) >= 11 is 0. The van der Waals surface area contributed by atoms with E-state index >= 15 is 0 Å². The zero-order valence-electron chi connectivity index (χ0n) is 9.72. The third-order valence-electron chi connectivity index (χ3n) is 3.91. The van der Waals surface area contributed by atoms with Crippen LogP contribution >= 0.6 is 0 Å². The predicted octanol–water partition coefficient (Wildman–Crippen LogP) is 4.34. The largest absolute Gasteiger partial charge is 0.0782 e. The lowest BCUT2D eigenvalue weighted by molar-refractivity contribution is 0.492. The van der Waals surface area contributed by atoms with Gasteiger partial charge in [0.25, 0.3) is 0 Å². The predicted molar refractivity (Wildman–Crippen MR) is 62.1 cm³/mol. The molecule has 0 heteroatoms. The van der Waals surface area contributed by atoms with Crippen LogP contribution in [0, 0.1) is 17.8 Å². The van der Waals surface area contributed by atoms with Crippen LogP contribution in [-0.2, 0) is 0 Å². The molecule has 0 heterocycles. The molecule has 0 saturated carbocycles. The summed E-state index contributed by atoms with van der Waals surface area (Å²) in [6, 6.07) is 0. The van der Waals surface area contributed by atoms with Gasteiger partial charge in [-0.25, -0.2) is 0 Å². The van der Waals surface area contributed by atoms with Gasteiger partial charge in [-0.1, -0.05) is 32.9 Å². The van der Waals surface area contributed by atoms with Gasteiger partial charge in [0.15, 0.2) is 0 Å². The summed E-state index contributed by atoms with van der Waals surface area (Å²) < 4.78 is 0. The van der Waals surface area contributed by atoms with Crippen molar-refractivity contribution < 1.29 is 0 Å². The van der Waals surface area contributed by atoms with Crippen LogP contribution in [0.4, 0.5) is 0 Å². The fraction of sp³-hybridized carbons (Fsp3) is 0.714. The van der Waals surface area contributed by atoms with Crippen LogP contribution in [0.15, 0.2) is 23.3 Å². The van der Waals surface area contributed by atoms with E-state index in [0.717, 1.165) is 17.8 Å². The fourth-order valence-corrected chi connectivity index (χ4v) is 2.71. The van der Waals surface area contributed by atoms with Crippen LogP contribution in [0.25, 0.3) is 0 Å². The van der Waals surface area contributed by atoms with Gasteiger partial charge in [-0.05, 0) is 54.6 Å². The Kier molecular flexibility index (Phi) is 2.80. The summed E-state index contributed by atoms with van der Waals surface area (Å²) in [5.74, 6) is 2.47. The van der Waals surface area contributed by atoms with Crippen LogP contribution in [-0.4, -0.2) is 0 Å². The van der Waals surface area contributed by atoms with E-state index in [4.69, 9.17) is 0 Å². The van der Waals surface area contributed by atoms with E-state index in [2.05, 4.69) is 32.9 Å². The molecule has 0 saturated heterocycles. The number of hydrogen-bond acceptors (Lipinski definition) is 0. The Labute approximate surface area is 88.1 Å². The standard InChI is InChI=1S/C14H22/c1-10-5-4-6-13(7-10)14-8-11(2)12(3)9-14/h7-8,10-12H,4-6,9H2,1-3H3. The minimum Gasteiger partial charge on any atom is -0.0782 e. The molecule has 0 spiro atoms. The average molecular weight is 190 g/mol. The van der Waals surface area contributed by atoms with Crippen molar-refractivity contribution >= 4 is 0 Å². The Morgan fingerprint density at radius 1 is 1.07 bits per heavy atom. The Balaban J connectivity index is 2.12. The Morgan fingerprint density at radius 2 is 1.86 bits per heavy atom. The lowest BCUT2D eigenvalue weighted by Crippen LogP contribution is -2.02. The monoisotopic (exact) mass is 190 g/mol. The van der Waals surface area contributed by atoms with Gasteiger partial charge in [0.1, 0.15) is 0 Å². The first-order valence-corrected chi connectivity index (χ1v) is 6.08. The molecule has 2 aliphatic rings. The molecule has 3 atom stereocenters. The van der Waals surface area contributed by atoms with E-state index in [1.807, 2.05) is 0 Å². The molecule has 0 nitrogen and oxygen atoms in total. The van der Waals surface area contributed by atoms with Crippen LogP contribution < -0.4 is 0 Å². The van der Waals surface area contributed by atoms with Crippen molar-refractivity contribution in [3.8, 4) is 0 Å². The Morgan fingerprint density at radius 3 is 2.43 bits per heavy atom. The maximum atomic E-state index is 2.51. The summed E-state index contributed by atoms with van der Waals surface area (Å²) in [4.78, 5) is 0. The minimum atomic E-state index is 0.795. The van der Waals surface area contributed by atoms with Gasteiger partial charge in [-0.3, -0.25) is 0 Å². The lowest BCUT2D eigenvalue weighted by Gasteiger charge is -2.19. The minimum absolute atomic E-state index is 0.795. The SMILES string of the molecule is CC1C=C(C2=CC(C)C(C)C2)CCC1. The summed E-state index contributed by atoms with van der Waals surface area (Å²) in [5.41, 5.74) is 3.33.